The summed E-state index contributed by atoms with van der Waals surface area (Å²) in [6.07, 6.45) is 3.94. The lowest BCUT2D eigenvalue weighted by Gasteiger charge is -2.26. The highest BCUT2D eigenvalue weighted by Crippen LogP contribution is 2.19. The molecule has 1 aromatic rings. The molecule has 0 spiro atoms. The Morgan fingerprint density at radius 1 is 1.36 bits per heavy atom. The predicted octanol–water partition coefficient (Wildman–Crippen LogP) is 2.28. The molecule has 1 fully saturated rings. The zero-order valence-electron chi connectivity index (χ0n) is 15.1. The maximum absolute atomic E-state index is 11.1. The van der Waals surface area contributed by atoms with Crippen molar-refractivity contribution in [2.45, 2.75) is 38.0 Å². The van der Waals surface area contributed by atoms with Gasteiger partial charge in [-0.15, -0.1) is 0 Å². The summed E-state index contributed by atoms with van der Waals surface area (Å²) >= 11 is 1.62. The summed E-state index contributed by atoms with van der Waals surface area (Å²) in [5.41, 5.74) is 1.28. The van der Waals surface area contributed by atoms with E-state index in [0.29, 0.717) is 18.9 Å². The lowest BCUT2D eigenvalue weighted by atomic mass is 10.1. The molecule has 0 bridgehead atoms. The third-order valence-electron chi connectivity index (χ3n) is 4.21. The van der Waals surface area contributed by atoms with E-state index in [1.165, 1.54) is 44.8 Å². The number of thioether (sulfide) groups is 1. The van der Waals surface area contributed by atoms with Crippen molar-refractivity contribution in [1.82, 2.24) is 10.2 Å². The van der Waals surface area contributed by atoms with E-state index < -0.39 is 0 Å². The maximum Gasteiger partial charge on any atom is 0.216 e. The first kappa shape index (κ1) is 20.1. The van der Waals surface area contributed by atoms with Crippen LogP contribution in [-0.2, 0) is 11.3 Å². The summed E-state index contributed by atoms with van der Waals surface area (Å²) < 4.78 is 5.96. The Balaban J connectivity index is 1.84. The van der Waals surface area contributed by atoms with Crippen LogP contribution in [0.25, 0.3) is 0 Å². The molecule has 1 saturated heterocycles. The van der Waals surface area contributed by atoms with Crippen molar-refractivity contribution in [2.24, 2.45) is 0 Å². The number of aliphatic hydroxyl groups is 1. The standard InChI is InChI=1S/C19H30N2O3S/c1-16(23)20-13-19(25-11-10-22)15-24-18-7-5-6-17(12-18)14-21-8-3-2-4-9-21/h5-7,12,19,22H,2-4,8-11,13-15H2,1H3,(H,20,23). The number of hydrogen-bond acceptors (Lipinski definition) is 5. The molecule has 2 N–H and O–H groups in total. The second-order valence-electron chi connectivity index (χ2n) is 6.45. The van der Waals surface area contributed by atoms with E-state index in [2.05, 4.69) is 22.3 Å². The first-order chi connectivity index (χ1) is 12.2. The molecular weight excluding hydrogens is 336 g/mol. The number of likely N-dealkylation sites (tertiary alicyclic amines) is 1. The Morgan fingerprint density at radius 3 is 2.88 bits per heavy atom. The zero-order valence-corrected chi connectivity index (χ0v) is 15.9. The van der Waals surface area contributed by atoms with Crippen molar-refractivity contribution in [1.29, 1.82) is 0 Å². The summed E-state index contributed by atoms with van der Waals surface area (Å²) in [5.74, 6) is 1.47. The zero-order chi connectivity index (χ0) is 17.9. The van der Waals surface area contributed by atoms with E-state index in [-0.39, 0.29) is 17.8 Å². The predicted molar refractivity (Wildman–Crippen MR) is 103 cm³/mol. The Morgan fingerprint density at radius 2 is 2.16 bits per heavy atom. The van der Waals surface area contributed by atoms with Crippen LogP contribution in [-0.4, -0.2) is 59.8 Å². The molecule has 0 aromatic heterocycles. The van der Waals surface area contributed by atoms with Gasteiger partial charge in [0.1, 0.15) is 12.4 Å². The van der Waals surface area contributed by atoms with E-state index in [9.17, 15) is 4.79 Å². The summed E-state index contributed by atoms with van der Waals surface area (Å²) in [7, 11) is 0. The highest BCUT2D eigenvalue weighted by Gasteiger charge is 2.13. The quantitative estimate of drug-likeness (QED) is 0.665. The van der Waals surface area contributed by atoms with Gasteiger partial charge >= 0.3 is 0 Å². The smallest absolute Gasteiger partial charge is 0.216 e. The fraction of sp³-hybridized carbons (Fsp3) is 0.632. The molecule has 0 radical (unpaired) electrons. The molecule has 0 aliphatic carbocycles. The van der Waals surface area contributed by atoms with Crippen LogP contribution in [0.2, 0.25) is 0 Å². The van der Waals surface area contributed by atoms with Gasteiger partial charge in [-0.1, -0.05) is 18.6 Å². The lowest BCUT2D eigenvalue weighted by molar-refractivity contribution is -0.118. The van der Waals surface area contributed by atoms with Gasteiger partial charge in [0.25, 0.3) is 0 Å². The highest BCUT2D eigenvalue weighted by molar-refractivity contribution is 7.99. The van der Waals surface area contributed by atoms with Crippen LogP contribution in [0.4, 0.5) is 0 Å². The van der Waals surface area contributed by atoms with Gasteiger partial charge in [0.15, 0.2) is 0 Å². The van der Waals surface area contributed by atoms with Crippen LogP contribution >= 0.6 is 11.8 Å². The molecule has 25 heavy (non-hydrogen) atoms. The fourth-order valence-electron chi connectivity index (χ4n) is 2.94. The Bertz CT molecular complexity index is 521. The molecule has 1 amide bonds. The third kappa shape index (κ3) is 8.12. The largest absolute Gasteiger partial charge is 0.492 e. The molecule has 5 nitrogen and oxygen atoms in total. The number of carbonyl (C=O) groups is 1. The van der Waals surface area contributed by atoms with E-state index in [1.807, 2.05) is 12.1 Å². The van der Waals surface area contributed by atoms with Crippen LogP contribution in [0.3, 0.4) is 0 Å². The minimum atomic E-state index is -0.0434. The number of carbonyl (C=O) groups excluding carboxylic acids is 1. The average Bonchev–Trinajstić information content (AvgIpc) is 2.62. The van der Waals surface area contributed by atoms with E-state index in [1.54, 1.807) is 11.8 Å². The number of nitrogens with zero attached hydrogens (tertiary/aromatic N) is 1. The molecule has 6 heteroatoms. The molecule has 2 rings (SSSR count). The number of hydrogen-bond donors (Lipinski definition) is 2. The molecule has 1 aromatic carbocycles. The van der Waals surface area contributed by atoms with Crippen LogP contribution in [0.1, 0.15) is 31.7 Å². The normalized spacial score (nSPS) is 16.4. The van der Waals surface area contributed by atoms with Gasteiger partial charge in [-0.05, 0) is 43.6 Å². The second kappa shape index (κ2) is 11.4. The monoisotopic (exact) mass is 366 g/mol. The van der Waals surface area contributed by atoms with Crippen molar-refractivity contribution in [3.8, 4) is 5.75 Å². The minimum absolute atomic E-state index is 0.0434. The van der Waals surface area contributed by atoms with Crippen molar-refractivity contribution < 1.29 is 14.6 Å². The van der Waals surface area contributed by atoms with Gasteiger partial charge < -0.3 is 15.2 Å². The van der Waals surface area contributed by atoms with Gasteiger partial charge in [-0.3, -0.25) is 9.69 Å². The number of nitrogens with one attached hydrogen (secondary N) is 1. The van der Waals surface area contributed by atoms with E-state index in [4.69, 9.17) is 9.84 Å². The number of rotatable bonds is 10. The molecule has 0 saturated carbocycles. The first-order valence-electron chi connectivity index (χ1n) is 9.08. The molecule has 1 aliphatic rings. The Labute approximate surface area is 155 Å². The topological polar surface area (TPSA) is 61.8 Å². The Hall–Kier alpha value is -1.24. The van der Waals surface area contributed by atoms with Crippen molar-refractivity contribution in [2.75, 3.05) is 38.6 Å². The first-order valence-corrected chi connectivity index (χ1v) is 10.1. The van der Waals surface area contributed by atoms with Crippen LogP contribution < -0.4 is 10.1 Å². The fourth-order valence-corrected chi connectivity index (χ4v) is 3.75. The Kier molecular flexibility index (Phi) is 9.15. The van der Waals surface area contributed by atoms with Crippen molar-refractivity contribution in [3.05, 3.63) is 29.8 Å². The van der Waals surface area contributed by atoms with Gasteiger partial charge in [0, 0.05) is 25.8 Å². The number of aliphatic hydroxyl groups excluding tert-OH is 1. The second-order valence-corrected chi connectivity index (χ2v) is 7.86. The molecule has 140 valence electrons. The number of benzene rings is 1. The molecular formula is C19H30N2O3S. The van der Waals surface area contributed by atoms with Crippen LogP contribution in [0.15, 0.2) is 24.3 Å². The van der Waals surface area contributed by atoms with Crippen molar-refractivity contribution in [3.63, 3.8) is 0 Å². The summed E-state index contributed by atoms with van der Waals surface area (Å²) in [6.45, 7) is 6.05. The van der Waals surface area contributed by atoms with Gasteiger partial charge in [0.2, 0.25) is 5.91 Å². The SMILES string of the molecule is CC(=O)NCC(COc1cccc(CN2CCCCC2)c1)SCCO. The van der Waals surface area contributed by atoms with E-state index in [0.717, 1.165) is 12.3 Å². The summed E-state index contributed by atoms with van der Waals surface area (Å²) in [6, 6.07) is 8.28. The van der Waals surface area contributed by atoms with E-state index >= 15 is 0 Å². The van der Waals surface area contributed by atoms with Crippen LogP contribution in [0.5, 0.6) is 5.75 Å². The highest BCUT2D eigenvalue weighted by atomic mass is 32.2. The van der Waals surface area contributed by atoms with Gasteiger partial charge in [-0.25, -0.2) is 0 Å². The number of ether oxygens (including phenoxy) is 1. The molecule has 1 aliphatic heterocycles. The third-order valence-corrected chi connectivity index (χ3v) is 5.41. The number of amides is 1. The maximum atomic E-state index is 11.1. The summed E-state index contributed by atoms with van der Waals surface area (Å²) in [4.78, 5) is 13.6. The van der Waals surface area contributed by atoms with Crippen LogP contribution in [0, 0.1) is 0 Å². The lowest BCUT2D eigenvalue weighted by Crippen LogP contribution is -2.32. The van der Waals surface area contributed by atoms with Gasteiger partial charge in [-0.2, -0.15) is 11.8 Å². The summed E-state index contributed by atoms with van der Waals surface area (Å²) in [5, 5.41) is 12.0. The van der Waals surface area contributed by atoms with Crippen molar-refractivity contribution >= 4 is 17.7 Å². The number of piperidine rings is 1. The minimum Gasteiger partial charge on any atom is -0.492 e. The average molecular weight is 367 g/mol. The molecule has 1 unspecified atom stereocenters. The van der Waals surface area contributed by atoms with Gasteiger partial charge in [0.05, 0.1) is 11.9 Å². The molecule has 1 atom stereocenters. The molecule has 1 heterocycles.